The van der Waals surface area contributed by atoms with Crippen LogP contribution in [0.4, 0.5) is 10.1 Å². The summed E-state index contributed by atoms with van der Waals surface area (Å²) in [5, 5.41) is 0. The van der Waals surface area contributed by atoms with Gasteiger partial charge in [-0.3, -0.25) is 9.78 Å². The lowest BCUT2D eigenvalue weighted by molar-refractivity contribution is -0.118. The zero-order chi connectivity index (χ0) is 17.2. The number of halogens is 1. The molecule has 3 heterocycles. The van der Waals surface area contributed by atoms with Crippen LogP contribution in [0.25, 0.3) is 11.3 Å². The van der Waals surface area contributed by atoms with E-state index in [4.69, 9.17) is 4.42 Å². The third kappa shape index (κ3) is 3.05. The maximum absolute atomic E-state index is 13.8. The summed E-state index contributed by atoms with van der Waals surface area (Å²) in [5.74, 6) is 0.912. The molecule has 0 saturated carbocycles. The number of hydrogen-bond acceptors (Lipinski definition) is 3. The predicted octanol–water partition coefficient (Wildman–Crippen LogP) is 4.00. The van der Waals surface area contributed by atoms with E-state index in [0.29, 0.717) is 36.5 Å². The molecule has 0 fully saturated rings. The van der Waals surface area contributed by atoms with Crippen molar-refractivity contribution < 1.29 is 13.6 Å². The highest BCUT2D eigenvalue weighted by molar-refractivity contribution is 5.95. The first kappa shape index (κ1) is 15.6. The topological polar surface area (TPSA) is 46.3 Å². The SMILES string of the molecule is O=C(CCc1ccc(-c2ccccc2F)o1)N1CCc2cnccc21. The molecular formula is C20H17FN2O2. The minimum Gasteiger partial charge on any atom is -0.461 e. The molecule has 4 nitrogen and oxygen atoms in total. The van der Waals surface area contributed by atoms with Crippen molar-refractivity contribution in [3.63, 3.8) is 0 Å². The average Bonchev–Trinajstić information content (AvgIpc) is 3.27. The molecule has 126 valence electrons. The van der Waals surface area contributed by atoms with E-state index in [2.05, 4.69) is 4.98 Å². The van der Waals surface area contributed by atoms with Crippen LogP contribution in [0.2, 0.25) is 0 Å². The molecule has 3 aromatic rings. The van der Waals surface area contributed by atoms with E-state index < -0.39 is 0 Å². The lowest BCUT2D eigenvalue weighted by atomic mass is 10.1. The van der Waals surface area contributed by atoms with Gasteiger partial charge in [-0.25, -0.2) is 4.39 Å². The van der Waals surface area contributed by atoms with Crippen LogP contribution in [0.5, 0.6) is 0 Å². The van der Waals surface area contributed by atoms with Crippen LogP contribution in [0, 0.1) is 5.82 Å². The normalized spacial score (nSPS) is 13.1. The molecule has 0 atom stereocenters. The van der Waals surface area contributed by atoms with Crippen LogP contribution in [0.1, 0.15) is 17.7 Å². The molecule has 4 rings (SSSR count). The lowest BCUT2D eigenvalue weighted by Crippen LogP contribution is -2.28. The second kappa shape index (κ2) is 6.51. The van der Waals surface area contributed by atoms with Crippen LogP contribution in [0.3, 0.4) is 0 Å². The number of carbonyl (C=O) groups excluding carboxylic acids is 1. The van der Waals surface area contributed by atoms with Gasteiger partial charge in [0.05, 0.1) is 5.56 Å². The molecule has 0 bridgehead atoms. The highest BCUT2D eigenvalue weighted by Crippen LogP contribution is 2.28. The minimum atomic E-state index is -0.318. The third-order valence-electron chi connectivity index (χ3n) is 4.46. The van der Waals surface area contributed by atoms with Gasteiger partial charge in [-0.15, -0.1) is 0 Å². The molecule has 0 aliphatic carbocycles. The molecule has 2 aromatic heterocycles. The number of amides is 1. The number of fused-ring (bicyclic) bond motifs is 1. The highest BCUT2D eigenvalue weighted by atomic mass is 19.1. The summed E-state index contributed by atoms with van der Waals surface area (Å²) < 4.78 is 19.5. The zero-order valence-corrected chi connectivity index (χ0v) is 13.6. The smallest absolute Gasteiger partial charge is 0.227 e. The van der Waals surface area contributed by atoms with Gasteiger partial charge in [0.25, 0.3) is 0 Å². The number of rotatable bonds is 4. The second-order valence-corrected chi connectivity index (χ2v) is 6.05. The fourth-order valence-corrected chi connectivity index (χ4v) is 3.17. The Balaban J connectivity index is 1.43. The quantitative estimate of drug-likeness (QED) is 0.723. The first-order valence-electron chi connectivity index (χ1n) is 8.29. The monoisotopic (exact) mass is 336 g/mol. The van der Waals surface area contributed by atoms with Crippen molar-refractivity contribution in [1.82, 2.24) is 4.98 Å². The first-order valence-corrected chi connectivity index (χ1v) is 8.29. The molecule has 0 unspecified atom stereocenters. The maximum Gasteiger partial charge on any atom is 0.227 e. The molecule has 0 radical (unpaired) electrons. The molecule has 1 aliphatic rings. The van der Waals surface area contributed by atoms with Gasteiger partial charge in [-0.2, -0.15) is 0 Å². The molecule has 25 heavy (non-hydrogen) atoms. The molecule has 1 aliphatic heterocycles. The number of aryl methyl sites for hydroxylation is 1. The van der Waals surface area contributed by atoms with Crippen molar-refractivity contribution in [2.24, 2.45) is 0 Å². The zero-order valence-electron chi connectivity index (χ0n) is 13.6. The Bertz CT molecular complexity index is 919. The summed E-state index contributed by atoms with van der Waals surface area (Å²) in [6.07, 6.45) is 5.21. The Morgan fingerprint density at radius 1 is 1.20 bits per heavy atom. The number of hydrogen-bond donors (Lipinski definition) is 0. The number of aromatic nitrogens is 1. The molecule has 5 heteroatoms. The van der Waals surface area contributed by atoms with Crippen LogP contribution in [-0.2, 0) is 17.6 Å². The fraction of sp³-hybridized carbons (Fsp3) is 0.200. The molecule has 0 saturated heterocycles. The van der Waals surface area contributed by atoms with E-state index in [1.54, 1.807) is 41.4 Å². The van der Waals surface area contributed by atoms with Crippen molar-refractivity contribution in [1.29, 1.82) is 0 Å². The predicted molar refractivity (Wildman–Crippen MR) is 92.7 cm³/mol. The van der Waals surface area contributed by atoms with E-state index in [1.165, 1.54) is 6.07 Å². The van der Waals surface area contributed by atoms with Crippen molar-refractivity contribution >= 4 is 11.6 Å². The average molecular weight is 336 g/mol. The van der Waals surface area contributed by atoms with Crippen molar-refractivity contribution in [3.05, 3.63) is 72.0 Å². The van der Waals surface area contributed by atoms with Gasteiger partial charge in [-0.05, 0) is 42.3 Å². The number of pyridine rings is 1. The van der Waals surface area contributed by atoms with Gasteiger partial charge in [0, 0.05) is 37.5 Å². The van der Waals surface area contributed by atoms with E-state index in [0.717, 1.165) is 17.7 Å². The standard InChI is InChI=1S/C20H17FN2O2/c21-17-4-2-1-3-16(17)19-7-5-15(25-19)6-8-20(24)23-12-10-14-13-22-11-9-18(14)23/h1-5,7,9,11,13H,6,8,10,12H2. The lowest BCUT2D eigenvalue weighted by Gasteiger charge is -2.16. The van der Waals surface area contributed by atoms with Crippen molar-refractivity contribution in [3.8, 4) is 11.3 Å². The molecule has 0 N–H and O–H groups in total. The number of furan rings is 1. The Morgan fingerprint density at radius 3 is 2.96 bits per heavy atom. The Hall–Kier alpha value is -2.95. The van der Waals surface area contributed by atoms with E-state index in [-0.39, 0.29) is 11.7 Å². The van der Waals surface area contributed by atoms with E-state index >= 15 is 0 Å². The highest BCUT2D eigenvalue weighted by Gasteiger charge is 2.24. The summed E-state index contributed by atoms with van der Waals surface area (Å²) in [6.45, 7) is 0.693. The maximum atomic E-state index is 13.8. The van der Waals surface area contributed by atoms with Crippen LogP contribution < -0.4 is 4.90 Å². The largest absolute Gasteiger partial charge is 0.461 e. The molecular weight excluding hydrogens is 319 g/mol. The minimum absolute atomic E-state index is 0.0637. The van der Waals surface area contributed by atoms with Gasteiger partial charge >= 0.3 is 0 Å². The van der Waals surface area contributed by atoms with Gasteiger partial charge in [0.2, 0.25) is 5.91 Å². The summed E-state index contributed by atoms with van der Waals surface area (Å²) in [5.41, 5.74) is 2.49. The summed E-state index contributed by atoms with van der Waals surface area (Å²) in [4.78, 5) is 18.4. The van der Waals surface area contributed by atoms with E-state index in [9.17, 15) is 9.18 Å². The van der Waals surface area contributed by atoms with Crippen LogP contribution >= 0.6 is 0 Å². The Labute approximate surface area is 144 Å². The number of carbonyl (C=O) groups is 1. The Kier molecular flexibility index (Phi) is 4.06. The van der Waals surface area contributed by atoms with Crippen LogP contribution in [-0.4, -0.2) is 17.4 Å². The second-order valence-electron chi connectivity index (χ2n) is 6.05. The fourth-order valence-electron chi connectivity index (χ4n) is 3.17. The number of benzene rings is 1. The van der Waals surface area contributed by atoms with Gasteiger partial charge in [0.1, 0.15) is 17.3 Å². The van der Waals surface area contributed by atoms with Crippen molar-refractivity contribution in [2.45, 2.75) is 19.3 Å². The number of anilines is 1. The Morgan fingerprint density at radius 2 is 2.08 bits per heavy atom. The van der Waals surface area contributed by atoms with Crippen LogP contribution in [0.15, 0.2) is 59.3 Å². The molecule has 1 aromatic carbocycles. The summed E-state index contributed by atoms with van der Waals surface area (Å²) in [6, 6.07) is 11.9. The molecule has 0 spiro atoms. The van der Waals surface area contributed by atoms with Crippen molar-refractivity contribution in [2.75, 3.05) is 11.4 Å². The first-order chi connectivity index (χ1) is 12.2. The van der Waals surface area contributed by atoms with Gasteiger partial charge in [-0.1, -0.05) is 12.1 Å². The van der Waals surface area contributed by atoms with Gasteiger partial charge in [0.15, 0.2) is 0 Å². The summed E-state index contributed by atoms with van der Waals surface area (Å²) >= 11 is 0. The summed E-state index contributed by atoms with van der Waals surface area (Å²) in [7, 11) is 0. The molecule has 1 amide bonds. The van der Waals surface area contributed by atoms with Gasteiger partial charge < -0.3 is 9.32 Å². The third-order valence-corrected chi connectivity index (χ3v) is 4.46. The number of nitrogens with zero attached hydrogens (tertiary/aromatic N) is 2. The van der Waals surface area contributed by atoms with E-state index in [1.807, 2.05) is 12.3 Å².